The number of halogens is 2. The Morgan fingerprint density at radius 2 is 1.18 bits per heavy atom. The van der Waals surface area contributed by atoms with Crippen LogP contribution in [0.2, 0.25) is 0 Å². The fraction of sp³-hybridized carbons (Fsp3) is 0.880. The van der Waals surface area contributed by atoms with Crippen LogP contribution in [0.3, 0.4) is 0 Å². The monoisotopic (exact) mass is 506 g/mol. The van der Waals surface area contributed by atoms with Crippen LogP contribution in [0.25, 0.3) is 0 Å². The normalized spacial score (nSPS) is 23.4. The summed E-state index contributed by atoms with van der Waals surface area (Å²) < 4.78 is 16.3. The van der Waals surface area contributed by atoms with E-state index >= 15 is 0 Å². The van der Waals surface area contributed by atoms with Gasteiger partial charge in [0.1, 0.15) is 17.9 Å². The van der Waals surface area contributed by atoms with Crippen molar-refractivity contribution in [3.63, 3.8) is 0 Å². The first-order valence-electron chi connectivity index (χ1n) is 12.7. The third-order valence-corrected chi connectivity index (χ3v) is 7.08. The highest BCUT2D eigenvalue weighted by molar-refractivity contribution is 6.26. The van der Waals surface area contributed by atoms with Gasteiger partial charge in [0, 0.05) is 19.3 Å². The summed E-state index contributed by atoms with van der Waals surface area (Å²) in [7, 11) is 0. The van der Waals surface area contributed by atoms with Gasteiger partial charge in [-0.3, -0.25) is 14.4 Å². The molecule has 0 heterocycles. The molecule has 0 amide bonds. The minimum atomic E-state index is -0.564. The lowest BCUT2D eigenvalue weighted by Gasteiger charge is -2.17. The molecule has 0 aromatic rings. The molecule has 0 aliphatic heterocycles. The molecule has 0 N–H and O–H groups in total. The number of carbonyl (C=O) groups is 3. The van der Waals surface area contributed by atoms with E-state index in [-0.39, 0.29) is 29.8 Å². The van der Waals surface area contributed by atoms with Crippen LogP contribution in [0.5, 0.6) is 0 Å². The Bertz CT molecular complexity index is 632. The topological polar surface area (TPSA) is 78.9 Å². The van der Waals surface area contributed by atoms with Gasteiger partial charge in [-0.1, -0.05) is 58.3 Å². The first kappa shape index (κ1) is 28.2. The van der Waals surface area contributed by atoms with Crippen molar-refractivity contribution in [1.82, 2.24) is 0 Å². The lowest BCUT2D eigenvalue weighted by molar-refractivity contribution is -0.151. The number of hydrogen-bond acceptors (Lipinski definition) is 6. The maximum Gasteiger partial charge on any atom is 0.321 e. The molecule has 2 saturated carbocycles. The fourth-order valence-corrected chi connectivity index (χ4v) is 4.55. The summed E-state index contributed by atoms with van der Waals surface area (Å²) in [5.74, 6) is -1.23. The van der Waals surface area contributed by atoms with E-state index in [1.807, 2.05) is 0 Å². The SMILES string of the molecule is CCCCCCC(CCCCCCCCCC(=O)OC12CC1(OC(=O)CCl)C2)OC(=O)CCl. The minimum Gasteiger partial charge on any atom is -0.461 e. The second-order valence-electron chi connectivity index (χ2n) is 9.53. The van der Waals surface area contributed by atoms with E-state index in [9.17, 15) is 14.4 Å². The Morgan fingerprint density at radius 3 is 1.73 bits per heavy atom. The number of carbonyl (C=O) groups excluding carboxylic acids is 3. The predicted molar refractivity (Wildman–Crippen MR) is 129 cm³/mol. The highest BCUT2D eigenvalue weighted by Gasteiger charge is 2.91. The molecule has 0 spiro atoms. The zero-order valence-electron chi connectivity index (χ0n) is 20.0. The molecule has 2 rings (SSSR count). The van der Waals surface area contributed by atoms with Gasteiger partial charge in [0.15, 0.2) is 11.2 Å². The zero-order chi connectivity index (χ0) is 24.2. The second-order valence-corrected chi connectivity index (χ2v) is 10.1. The Labute approximate surface area is 208 Å². The summed E-state index contributed by atoms with van der Waals surface area (Å²) in [5, 5.41) is 0. The number of unbranched alkanes of at least 4 members (excludes halogenated alkanes) is 9. The fourth-order valence-electron chi connectivity index (χ4n) is 4.43. The number of rotatable bonds is 20. The van der Waals surface area contributed by atoms with Gasteiger partial charge >= 0.3 is 17.9 Å². The van der Waals surface area contributed by atoms with E-state index < -0.39 is 17.2 Å². The number of fused-ring (bicyclic) bond motifs is 1. The zero-order valence-corrected chi connectivity index (χ0v) is 21.5. The van der Waals surface area contributed by atoms with Gasteiger partial charge in [0.25, 0.3) is 0 Å². The molecule has 0 saturated heterocycles. The van der Waals surface area contributed by atoms with Gasteiger partial charge in [-0.2, -0.15) is 0 Å². The van der Waals surface area contributed by atoms with Gasteiger partial charge in [-0.05, 0) is 32.1 Å². The maximum absolute atomic E-state index is 12.0. The van der Waals surface area contributed by atoms with Crippen LogP contribution in [0.15, 0.2) is 0 Å². The predicted octanol–water partition coefficient (Wildman–Crippen LogP) is 6.23. The molecule has 0 bridgehead atoms. The summed E-state index contributed by atoms with van der Waals surface area (Å²) in [5.41, 5.74) is -1.11. The molecular formula is C25H40Cl2O6. The molecule has 0 radical (unpaired) electrons. The molecule has 6 nitrogen and oxygen atoms in total. The summed E-state index contributed by atoms with van der Waals surface area (Å²) >= 11 is 11.0. The van der Waals surface area contributed by atoms with E-state index in [4.69, 9.17) is 37.4 Å². The Balaban J connectivity index is 1.44. The highest BCUT2D eigenvalue weighted by atomic mass is 35.5. The number of esters is 3. The largest absolute Gasteiger partial charge is 0.461 e. The Morgan fingerprint density at radius 1 is 0.697 bits per heavy atom. The molecular weight excluding hydrogens is 467 g/mol. The van der Waals surface area contributed by atoms with E-state index in [0.717, 1.165) is 64.2 Å². The van der Waals surface area contributed by atoms with Crippen molar-refractivity contribution in [2.24, 2.45) is 0 Å². The van der Waals surface area contributed by atoms with Crippen molar-refractivity contribution in [1.29, 1.82) is 0 Å². The molecule has 0 aromatic heterocycles. The third-order valence-electron chi connectivity index (χ3n) is 6.64. The highest BCUT2D eigenvalue weighted by Crippen LogP contribution is 2.75. The molecule has 1 atom stereocenters. The average molecular weight is 507 g/mol. The van der Waals surface area contributed by atoms with Crippen LogP contribution in [0, 0.1) is 0 Å². The van der Waals surface area contributed by atoms with E-state index in [1.54, 1.807) is 0 Å². The van der Waals surface area contributed by atoms with Gasteiger partial charge in [0.2, 0.25) is 0 Å². The molecule has 33 heavy (non-hydrogen) atoms. The van der Waals surface area contributed by atoms with Crippen molar-refractivity contribution in [3.05, 3.63) is 0 Å². The van der Waals surface area contributed by atoms with Crippen LogP contribution < -0.4 is 0 Å². The van der Waals surface area contributed by atoms with Crippen molar-refractivity contribution < 1.29 is 28.6 Å². The average Bonchev–Trinajstić information content (AvgIpc) is 3.59. The van der Waals surface area contributed by atoms with Gasteiger partial charge < -0.3 is 14.2 Å². The summed E-state index contributed by atoms with van der Waals surface area (Å²) in [6, 6.07) is 0. The lowest BCUT2D eigenvalue weighted by Crippen LogP contribution is -2.19. The third kappa shape index (κ3) is 9.64. The van der Waals surface area contributed by atoms with Gasteiger partial charge in [-0.15, -0.1) is 23.2 Å². The van der Waals surface area contributed by atoms with Crippen LogP contribution in [-0.4, -0.2) is 47.0 Å². The molecule has 2 aliphatic rings. The quantitative estimate of drug-likeness (QED) is 0.0842. The first-order chi connectivity index (χ1) is 15.9. The van der Waals surface area contributed by atoms with E-state index in [2.05, 4.69) is 6.92 Å². The molecule has 2 fully saturated rings. The van der Waals surface area contributed by atoms with Crippen LogP contribution >= 0.6 is 23.2 Å². The van der Waals surface area contributed by atoms with Gasteiger partial charge in [0.05, 0.1) is 0 Å². The molecule has 8 heteroatoms. The second kappa shape index (κ2) is 14.4. The number of alkyl halides is 2. The lowest BCUT2D eigenvalue weighted by atomic mass is 10.0. The van der Waals surface area contributed by atoms with Crippen molar-refractivity contribution in [3.8, 4) is 0 Å². The summed E-state index contributed by atoms with van der Waals surface area (Å²) in [6.07, 6.45) is 15.5. The van der Waals surface area contributed by atoms with Crippen LogP contribution in [0.1, 0.15) is 110 Å². The van der Waals surface area contributed by atoms with Gasteiger partial charge in [-0.25, -0.2) is 0 Å². The maximum atomic E-state index is 12.0. The first-order valence-corrected chi connectivity index (χ1v) is 13.7. The standard InChI is InChI=1S/C25H40Cl2O6/c1-2-3-4-10-13-20(31-22(29)16-26)14-11-8-6-5-7-9-12-15-21(28)32-24-18-25(24,19-24)33-23(30)17-27/h20H,2-19H2,1H3. The van der Waals surface area contributed by atoms with Crippen LogP contribution in [-0.2, 0) is 28.6 Å². The van der Waals surface area contributed by atoms with E-state index in [0.29, 0.717) is 19.3 Å². The molecule has 2 aliphatic carbocycles. The Hall–Kier alpha value is -1.01. The van der Waals surface area contributed by atoms with E-state index in [1.165, 1.54) is 19.3 Å². The summed E-state index contributed by atoms with van der Waals surface area (Å²) in [6.45, 7) is 2.19. The summed E-state index contributed by atoms with van der Waals surface area (Å²) in [4.78, 5) is 34.9. The van der Waals surface area contributed by atoms with Crippen molar-refractivity contribution >= 4 is 41.1 Å². The van der Waals surface area contributed by atoms with Crippen molar-refractivity contribution in [2.75, 3.05) is 11.8 Å². The minimum absolute atomic E-state index is 0.00582. The van der Waals surface area contributed by atoms with Crippen LogP contribution in [0.4, 0.5) is 0 Å². The number of hydrogen-bond donors (Lipinski definition) is 0. The Kier molecular flexibility index (Phi) is 12.3. The molecule has 0 aromatic carbocycles. The molecule has 190 valence electrons. The smallest absolute Gasteiger partial charge is 0.321 e. The van der Waals surface area contributed by atoms with Crippen molar-refractivity contribution in [2.45, 2.75) is 127 Å². The molecule has 1 unspecified atom stereocenters. The number of ether oxygens (including phenoxy) is 3.